The number of likely N-dealkylation sites (N-methyl/N-ethyl adjacent to an activating group) is 1. The molecule has 9 nitrogen and oxygen atoms in total. The maximum atomic E-state index is 11.9. The van der Waals surface area contributed by atoms with Crippen LogP contribution in [0.2, 0.25) is 0 Å². The smallest absolute Gasteiger partial charge is 0.359 e. The fourth-order valence-electron chi connectivity index (χ4n) is 1.77. The number of hydrogen-bond donors (Lipinski definition) is 1. The molecule has 0 radical (unpaired) electrons. The van der Waals surface area contributed by atoms with Gasteiger partial charge in [-0.3, -0.25) is 14.6 Å². The highest BCUT2D eigenvalue weighted by molar-refractivity contribution is 5.90. The van der Waals surface area contributed by atoms with E-state index in [9.17, 15) is 14.4 Å². The first-order valence-electron chi connectivity index (χ1n) is 7.44. The van der Waals surface area contributed by atoms with Crippen molar-refractivity contribution in [3.63, 3.8) is 0 Å². The highest BCUT2D eigenvalue weighted by Gasteiger charge is 2.16. The van der Waals surface area contributed by atoms with Crippen LogP contribution in [0.4, 0.5) is 0 Å². The van der Waals surface area contributed by atoms with Crippen molar-refractivity contribution in [2.75, 3.05) is 20.2 Å². The van der Waals surface area contributed by atoms with Gasteiger partial charge in [0.15, 0.2) is 12.3 Å². The zero-order chi connectivity index (χ0) is 18.2. The Morgan fingerprint density at radius 1 is 1.28 bits per heavy atom. The summed E-state index contributed by atoms with van der Waals surface area (Å²) in [6.45, 7) is 1.31. The highest BCUT2D eigenvalue weighted by Crippen LogP contribution is 1.99. The number of rotatable bonds is 7. The van der Waals surface area contributed by atoms with E-state index in [4.69, 9.17) is 9.15 Å². The van der Waals surface area contributed by atoms with Crippen molar-refractivity contribution in [2.45, 2.75) is 13.5 Å². The van der Waals surface area contributed by atoms with E-state index in [1.165, 1.54) is 25.7 Å². The van der Waals surface area contributed by atoms with Crippen LogP contribution in [0.25, 0.3) is 0 Å². The fourth-order valence-corrected chi connectivity index (χ4v) is 1.77. The summed E-state index contributed by atoms with van der Waals surface area (Å²) in [7, 11) is 1.44. The number of furan rings is 1. The summed E-state index contributed by atoms with van der Waals surface area (Å²) in [6, 6.07) is 3.44. The Kier molecular flexibility index (Phi) is 6.21. The average Bonchev–Trinajstić information content (AvgIpc) is 3.11. The second-order valence-electron chi connectivity index (χ2n) is 5.23. The molecule has 0 saturated heterocycles. The largest absolute Gasteiger partial charge is 0.467 e. The van der Waals surface area contributed by atoms with E-state index < -0.39 is 18.5 Å². The molecule has 1 N–H and O–H groups in total. The van der Waals surface area contributed by atoms with Gasteiger partial charge in [-0.05, 0) is 19.1 Å². The van der Waals surface area contributed by atoms with Gasteiger partial charge in [-0.1, -0.05) is 0 Å². The number of aryl methyl sites for hydroxylation is 1. The molecule has 132 valence electrons. The topological polar surface area (TPSA) is 115 Å². The third kappa shape index (κ3) is 5.72. The van der Waals surface area contributed by atoms with Crippen LogP contribution in [0.5, 0.6) is 0 Å². The Morgan fingerprint density at radius 2 is 2.08 bits per heavy atom. The van der Waals surface area contributed by atoms with Gasteiger partial charge in [-0.2, -0.15) is 0 Å². The van der Waals surface area contributed by atoms with Crippen molar-refractivity contribution in [2.24, 2.45) is 0 Å². The molecular weight excluding hydrogens is 328 g/mol. The predicted molar refractivity (Wildman–Crippen MR) is 85.2 cm³/mol. The van der Waals surface area contributed by atoms with E-state index in [0.717, 1.165) is 4.90 Å². The van der Waals surface area contributed by atoms with Crippen molar-refractivity contribution >= 4 is 17.8 Å². The maximum absolute atomic E-state index is 11.9. The molecule has 25 heavy (non-hydrogen) atoms. The molecule has 0 saturated carbocycles. The van der Waals surface area contributed by atoms with E-state index in [1.807, 2.05) is 0 Å². The normalized spacial score (nSPS) is 10.2. The van der Waals surface area contributed by atoms with Crippen LogP contribution in [0.1, 0.15) is 21.9 Å². The standard InChI is InChI=1S/C16H18N4O5/c1-11-6-18-13(8-17-11)16(23)25-10-15(22)20(2)9-14(21)19-7-12-4-3-5-24-12/h3-6,8H,7,9-10H2,1-2H3,(H,19,21). The fraction of sp³-hybridized carbons (Fsp3) is 0.312. The van der Waals surface area contributed by atoms with Gasteiger partial charge in [0, 0.05) is 13.2 Å². The zero-order valence-corrected chi connectivity index (χ0v) is 13.9. The number of nitrogens with zero attached hydrogens (tertiary/aromatic N) is 3. The molecule has 2 rings (SSSR count). The van der Waals surface area contributed by atoms with Crippen LogP contribution in [-0.2, 0) is 20.9 Å². The Bertz CT molecular complexity index is 727. The second-order valence-corrected chi connectivity index (χ2v) is 5.23. The van der Waals surface area contributed by atoms with Gasteiger partial charge >= 0.3 is 5.97 Å². The van der Waals surface area contributed by atoms with E-state index >= 15 is 0 Å². The van der Waals surface area contributed by atoms with Gasteiger partial charge in [0.25, 0.3) is 5.91 Å². The molecule has 0 fully saturated rings. The summed E-state index contributed by atoms with van der Waals surface area (Å²) in [5, 5.41) is 2.61. The lowest BCUT2D eigenvalue weighted by Crippen LogP contribution is -2.39. The molecule has 0 atom stereocenters. The van der Waals surface area contributed by atoms with Gasteiger partial charge in [0.1, 0.15) is 5.76 Å². The van der Waals surface area contributed by atoms with Gasteiger partial charge in [-0.25, -0.2) is 9.78 Å². The SMILES string of the molecule is Cc1cnc(C(=O)OCC(=O)N(C)CC(=O)NCc2ccco2)cn1. The molecule has 0 aromatic carbocycles. The molecule has 0 unspecified atom stereocenters. The number of ether oxygens (including phenoxy) is 1. The lowest BCUT2D eigenvalue weighted by Gasteiger charge is -2.16. The van der Waals surface area contributed by atoms with Crippen molar-refractivity contribution in [1.82, 2.24) is 20.2 Å². The van der Waals surface area contributed by atoms with Gasteiger partial charge in [0.05, 0.1) is 31.2 Å². The van der Waals surface area contributed by atoms with Crippen molar-refractivity contribution in [3.05, 3.63) is 47.9 Å². The molecule has 2 amide bonds. The number of hydrogen-bond acceptors (Lipinski definition) is 7. The molecule has 2 aromatic rings. The summed E-state index contributed by atoms with van der Waals surface area (Å²) in [6.07, 6.45) is 4.20. The Hall–Kier alpha value is -3.23. The van der Waals surface area contributed by atoms with Crippen LogP contribution in [0.3, 0.4) is 0 Å². The average molecular weight is 346 g/mol. The number of nitrogens with one attached hydrogen (secondary N) is 1. The Morgan fingerprint density at radius 3 is 2.72 bits per heavy atom. The first-order valence-corrected chi connectivity index (χ1v) is 7.44. The monoisotopic (exact) mass is 346 g/mol. The molecule has 2 aromatic heterocycles. The maximum Gasteiger partial charge on any atom is 0.359 e. The number of amides is 2. The minimum absolute atomic E-state index is 0.0113. The summed E-state index contributed by atoms with van der Waals surface area (Å²) in [5.74, 6) is -1.02. The summed E-state index contributed by atoms with van der Waals surface area (Å²) in [4.78, 5) is 44.4. The first kappa shape index (κ1) is 18.1. The predicted octanol–water partition coefficient (Wildman–Crippen LogP) is 0.310. The lowest BCUT2D eigenvalue weighted by molar-refractivity contribution is -0.137. The van der Waals surface area contributed by atoms with Crippen molar-refractivity contribution in [3.8, 4) is 0 Å². The molecule has 0 bridgehead atoms. The number of carbonyl (C=O) groups excluding carboxylic acids is 3. The highest BCUT2D eigenvalue weighted by atomic mass is 16.5. The van der Waals surface area contributed by atoms with E-state index in [0.29, 0.717) is 11.5 Å². The van der Waals surface area contributed by atoms with Crippen LogP contribution in [0, 0.1) is 6.92 Å². The van der Waals surface area contributed by atoms with Crippen LogP contribution in [-0.4, -0.2) is 52.9 Å². The minimum Gasteiger partial charge on any atom is -0.467 e. The zero-order valence-electron chi connectivity index (χ0n) is 13.9. The van der Waals surface area contributed by atoms with Crippen LogP contribution >= 0.6 is 0 Å². The number of aromatic nitrogens is 2. The minimum atomic E-state index is -0.753. The molecular formula is C16H18N4O5. The Labute approximate surface area is 144 Å². The van der Waals surface area contributed by atoms with Gasteiger partial charge in [-0.15, -0.1) is 0 Å². The third-order valence-electron chi connectivity index (χ3n) is 3.16. The van der Waals surface area contributed by atoms with Gasteiger partial charge in [0.2, 0.25) is 5.91 Å². The van der Waals surface area contributed by atoms with Crippen LogP contribution < -0.4 is 5.32 Å². The summed E-state index contributed by atoms with van der Waals surface area (Å²) in [5.41, 5.74) is 0.671. The summed E-state index contributed by atoms with van der Waals surface area (Å²) >= 11 is 0. The molecule has 0 spiro atoms. The number of carbonyl (C=O) groups is 3. The molecule has 2 heterocycles. The van der Waals surface area contributed by atoms with E-state index in [1.54, 1.807) is 19.1 Å². The van der Waals surface area contributed by atoms with E-state index in [-0.39, 0.29) is 24.7 Å². The molecule has 9 heteroatoms. The molecule has 0 aliphatic heterocycles. The van der Waals surface area contributed by atoms with Crippen molar-refractivity contribution in [1.29, 1.82) is 0 Å². The molecule has 0 aliphatic rings. The lowest BCUT2D eigenvalue weighted by atomic mass is 10.4. The van der Waals surface area contributed by atoms with Crippen LogP contribution in [0.15, 0.2) is 35.2 Å². The van der Waals surface area contributed by atoms with Crippen molar-refractivity contribution < 1.29 is 23.5 Å². The second kappa shape index (κ2) is 8.57. The number of esters is 1. The third-order valence-corrected chi connectivity index (χ3v) is 3.16. The summed E-state index contributed by atoms with van der Waals surface area (Å²) < 4.78 is 9.96. The van der Waals surface area contributed by atoms with Gasteiger partial charge < -0.3 is 19.4 Å². The Balaban J connectivity index is 1.72. The molecule has 0 aliphatic carbocycles. The van der Waals surface area contributed by atoms with E-state index in [2.05, 4.69) is 15.3 Å². The quantitative estimate of drug-likeness (QED) is 0.717. The first-order chi connectivity index (χ1) is 12.0.